The van der Waals surface area contributed by atoms with Crippen molar-refractivity contribution in [3.63, 3.8) is 0 Å². The van der Waals surface area contributed by atoms with Gasteiger partial charge in [0, 0.05) is 32.7 Å². The highest BCUT2D eigenvalue weighted by molar-refractivity contribution is 8.27. The molecule has 1 saturated heterocycles. The van der Waals surface area contributed by atoms with Crippen LogP contribution in [0.5, 0.6) is 5.75 Å². The van der Waals surface area contributed by atoms with Crippen LogP contribution in [0.25, 0.3) is 11.8 Å². The highest BCUT2D eigenvalue weighted by Crippen LogP contribution is 2.37. The number of aromatic nitrogens is 1. The Bertz CT molecular complexity index is 1530. The van der Waals surface area contributed by atoms with Crippen molar-refractivity contribution in [3.05, 3.63) is 116 Å². The van der Waals surface area contributed by atoms with Crippen molar-refractivity contribution in [2.45, 2.75) is 20.5 Å². The second kappa shape index (κ2) is 10.8. The molecule has 0 spiro atoms. The third-order valence-electron chi connectivity index (χ3n) is 6.07. The van der Waals surface area contributed by atoms with Gasteiger partial charge >= 0.3 is 0 Å². The standard InChI is InChI=1S/C29H22Cl2N2O2S2/c1-18-14-21(15-27-28(34)33(29(36)37-27)23-6-4-3-5-7-23)19(2)32(18)24-10-12-25(13-11-24)35-17-20-8-9-22(30)16-26(20)31/h3-16H,17H2,1-2H3/b27-15+. The van der Waals surface area contributed by atoms with Crippen molar-refractivity contribution in [1.29, 1.82) is 0 Å². The molecule has 0 saturated carbocycles. The molecule has 8 heteroatoms. The van der Waals surface area contributed by atoms with E-state index in [9.17, 15) is 4.79 Å². The van der Waals surface area contributed by atoms with Crippen LogP contribution in [0.2, 0.25) is 10.0 Å². The molecule has 5 rings (SSSR count). The fourth-order valence-corrected chi connectivity index (χ4v) is 5.98. The fourth-order valence-electron chi connectivity index (χ4n) is 4.23. The first-order valence-corrected chi connectivity index (χ1v) is 13.5. The monoisotopic (exact) mass is 564 g/mol. The van der Waals surface area contributed by atoms with Gasteiger partial charge in [-0.15, -0.1) is 0 Å². The average molecular weight is 566 g/mol. The molecule has 1 aromatic heterocycles. The van der Waals surface area contributed by atoms with Gasteiger partial charge in [-0.3, -0.25) is 9.69 Å². The van der Waals surface area contributed by atoms with Gasteiger partial charge in [0.15, 0.2) is 4.32 Å². The van der Waals surface area contributed by atoms with Crippen LogP contribution in [0.1, 0.15) is 22.5 Å². The maximum atomic E-state index is 13.1. The summed E-state index contributed by atoms with van der Waals surface area (Å²) in [6.45, 7) is 4.44. The summed E-state index contributed by atoms with van der Waals surface area (Å²) in [5.41, 5.74) is 5.72. The number of carbonyl (C=O) groups is 1. The summed E-state index contributed by atoms with van der Waals surface area (Å²) in [6.07, 6.45) is 1.93. The van der Waals surface area contributed by atoms with Crippen molar-refractivity contribution in [2.24, 2.45) is 0 Å². The van der Waals surface area contributed by atoms with E-state index < -0.39 is 0 Å². The number of thiocarbonyl (C=S) groups is 1. The van der Waals surface area contributed by atoms with Gasteiger partial charge in [-0.2, -0.15) is 0 Å². The van der Waals surface area contributed by atoms with Crippen LogP contribution in [0.15, 0.2) is 83.8 Å². The van der Waals surface area contributed by atoms with Crippen molar-refractivity contribution in [1.82, 2.24) is 4.57 Å². The molecule has 0 N–H and O–H groups in total. The zero-order chi connectivity index (χ0) is 26.1. The number of carbonyl (C=O) groups excluding carboxylic acids is 1. The van der Waals surface area contributed by atoms with Gasteiger partial charge in [0.1, 0.15) is 12.4 Å². The number of hydrogen-bond acceptors (Lipinski definition) is 4. The molecule has 1 aliphatic rings. The molecule has 1 aliphatic heterocycles. The molecule has 1 amide bonds. The Hall–Kier alpha value is -3.03. The molecular weight excluding hydrogens is 543 g/mol. The van der Waals surface area contributed by atoms with Crippen molar-refractivity contribution >= 4 is 69.2 Å². The topological polar surface area (TPSA) is 34.5 Å². The molecule has 0 radical (unpaired) electrons. The molecule has 186 valence electrons. The number of nitrogens with zero attached hydrogens (tertiary/aromatic N) is 2. The Kier molecular flexibility index (Phi) is 7.45. The number of aryl methyl sites for hydroxylation is 1. The zero-order valence-corrected chi connectivity index (χ0v) is 23.2. The Morgan fingerprint density at radius 1 is 0.946 bits per heavy atom. The van der Waals surface area contributed by atoms with Crippen LogP contribution in [-0.4, -0.2) is 14.8 Å². The van der Waals surface area contributed by atoms with Crippen molar-refractivity contribution < 1.29 is 9.53 Å². The molecule has 0 aliphatic carbocycles. The van der Waals surface area contributed by atoms with Crippen LogP contribution in [0.3, 0.4) is 0 Å². The number of anilines is 1. The van der Waals surface area contributed by atoms with Gasteiger partial charge < -0.3 is 9.30 Å². The Balaban J connectivity index is 1.35. The zero-order valence-electron chi connectivity index (χ0n) is 20.1. The van der Waals surface area contributed by atoms with E-state index in [1.54, 1.807) is 17.0 Å². The summed E-state index contributed by atoms with van der Waals surface area (Å²) < 4.78 is 8.61. The molecule has 4 nitrogen and oxygen atoms in total. The molecule has 0 unspecified atom stereocenters. The number of ether oxygens (including phenoxy) is 1. The van der Waals surface area contributed by atoms with E-state index in [1.165, 1.54) is 11.8 Å². The molecule has 0 bridgehead atoms. The maximum Gasteiger partial charge on any atom is 0.270 e. The molecule has 0 atom stereocenters. The lowest BCUT2D eigenvalue weighted by atomic mass is 10.2. The lowest BCUT2D eigenvalue weighted by molar-refractivity contribution is -0.113. The van der Waals surface area contributed by atoms with Crippen LogP contribution in [0.4, 0.5) is 5.69 Å². The Labute approximate surface area is 235 Å². The highest BCUT2D eigenvalue weighted by atomic mass is 35.5. The summed E-state index contributed by atoms with van der Waals surface area (Å²) in [5.74, 6) is 0.635. The van der Waals surface area contributed by atoms with Crippen LogP contribution < -0.4 is 9.64 Å². The second-order valence-corrected chi connectivity index (χ2v) is 11.1. The van der Waals surface area contributed by atoms with Crippen LogP contribution in [-0.2, 0) is 11.4 Å². The van der Waals surface area contributed by atoms with E-state index in [-0.39, 0.29) is 5.91 Å². The van der Waals surface area contributed by atoms with Gasteiger partial charge in [0.05, 0.1) is 10.6 Å². The van der Waals surface area contributed by atoms with E-state index in [4.69, 9.17) is 40.2 Å². The first-order valence-electron chi connectivity index (χ1n) is 11.5. The molecular formula is C29H22Cl2N2O2S2. The summed E-state index contributed by atoms with van der Waals surface area (Å²) >= 11 is 19.1. The minimum Gasteiger partial charge on any atom is -0.489 e. The predicted octanol–water partition coefficient (Wildman–Crippen LogP) is 8.39. The number of rotatable bonds is 6. The van der Waals surface area contributed by atoms with Gasteiger partial charge in [-0.1, -0.05) is 71.4 Å². The predicted molar refractivity (Wildman–Crippen MR) is 158 cm³/mol. The number of para-hydroxylation sites is 1. The van der Waals surface area contributed by atoms with E-state index >= 15 is 0 Å². The third-order valence-corrected chi connectivity index (χ3v) is 7.96. The minimum absolute atomic E-state index is 0.103. The number of benzene rings is 3. The Morgan fingerprint density at radius 3 is 2.38 bits per heavy atom. The average Bonchev–Trinajstić information content (AvgIpc) is 3.32. The quantitative estimate of drug-likeness (QED) is 0.174. The minimum atomic E-state index is -0.103. The molecule has 37 heavy (non-hydrogen) atoms. The number of hydrogen-bond donors (Lipinski definition) is 0. The maximum absolute atomic E-state index is 13.1. The third kappa shape index (κ3) is 5.34. The van der Waals surface area contributed by atoms with Crippen LogP contribution in [0, 0.1) is 13.8 Å². The highest BCUT2D eigenvalue weighted by Gasteiger charge is 2.33. The summed E-state index contributed by atoms with van der Waals surface area (Å²) in [4.78, 5) is 15.3. The number of halogens is 2. The largest absolute Gasteiger partial charge is 0.489 e. The fraction of sp³-hybridized carbons (Fsp3) is 0.103. The lowest BCUT2D eigenvalue weighted by Gasteiger charge is -2.13. The van der Waals surface area contributed by atoms with E-state index in [2.05, 4.69) is 10.6 Å². The van der Waals surface area contributed by atoms with Crippen molar-refractivity contribution in [2.75, 3.05) is 4.90 Å². The van der Waals surface area contributed by atoms with Gasteiger partial charge in [-0.25, -0.2) is 0 Å². The van der Waals surface area contributed by atoms with Gasteiger partial charge in [-0.05, 0) is 80.1 Å². The van der Waals surface area contributed by atoms with Crippen LogP contribution >= 0.6 is 47.2 Å². The first kappa shape index (κ1) is 25.6. The molecule has 1 fully saturated rings. The number of thioether (sulfide) groups is 1. The smallest absolute Gasteiger partial charge is 0.270 e. The van der Waals surface area contributed by atoms with E-state index in [0.717, 1.165) is 39.6 Å². The second-order valence-electron chi connectivity index (χ2n) is 8.53. The number of amides is 1. The summed E-state index contributed by atoms with van der Waals surface area (Å²) in [6, 6.07) is 24.8. The Morgan fingerprint density at radius 2 is 1.68 bits per heavy atom. The normalized spacial score (nSPS) is 14.6. The van der Waals surface area contributed by atoms with E-state index in [1.807, 2.05) is 80.6 Å². The summed E-state index contributed by atoms with van der Waals surface area (Å²) in [5, 5.41) is 1.17. The molecule has 2 heterocycles. The van der Waals surface area contributed by atoms with E-state index in [0.29, 0.717) is 25.9 Å². The van der Waals surface area contributed by atoms with Crippen molar-refractivity contribution in [3.8, 4) is 11.4 Å². The lowest BCUT2D eigenvalue weighted by Crippen LogP contribution is -2.27. The molecule has 4 aromatic rings. The summed E-state index contributed by atoms with van der Waals surface area (Å²) in [7, 11) is 0. The SMILES string of the molecule is Cc1cc(/C=C2/SC(=S)N(c3ccccc3)C2=O)c(C)n1-c1ccc(OCc2ccc(Cl)cc2Cl)cc1. The van der Waals surface area contributed by atoms with Gasteiger partial charge in [0.25, 0.3) is 5.91 Å². The molecule has 3 aromatic carbocycles. The first-order chi connectivity index (χ1) is 17.8. The van der Waals surface area contributed by atoms with Gasteiger partial charge in [0.2, 0.25) is 0 Å².